The summed E-state index contributed by atoms with van der Waals surface area (Å²) < 4.78 is 32.1. The fourth-order valence-corrected chi connectivity index (χ4v) is 4.34. The molecule has 32 heavy (non-hydrogen) atoms. The summed E-state index contributed by atoms with van der Waals surface area (Å²) >= 11 is 0. The van der Waals surface area contributed by atoms with E-state index in [0.29, 0.717) is 0 Å². The molecule has 5 aromatic rings. The molecule has 0 spiro atoms. The third-order valence-corrected chi connectivity index (χ3v) is 5.68. The summed E-state index contributed by atoms with van der Waals surface area (Å²) in [5.41, 5.74) is 5.12. The average Bonchev–Trinajstić information content (AvgIpc) is 3.31. The van der Waals surface area contributed by atoms with E-state index in [1.165, 1.54) is 24.3 Å². The molecule has 5 rings (SSSR count). The second kappa shape index (κ2) is 8.19. The highest BCUT2D eigenvalue weighted by atomic mass is 19.1. The number of fused-ring (bicyclic) bond motifs is 2. The van der Waals surface area contributed by atoms with E-state index in [2.05, 4.69) is 29.0 Å². The van der Waals surface area contributed by atoms with Crippen molar-refractivity contribution in [2.75, 3.05) is 0 Å². The SMILES string of the molecule is CCCn1c(-c2cccc(F)c2)nc2cc3nc(-c4cccc(F)c4)n(CCC)c3cc21. The second-order valence-corrected chi connectivity index (χ2v) is 8.02. The van der Waals surface area contributed by atoms with Gasteiger partial charge in [-0.2, -0.15) is 0 Å². The Bertz CT molecular complexity index is 1330. The fourth-order valence-electron chi connectivity index (χ4n) is 4.34. The molecule has 162 valence electrons. The Hall–Kier alpha value is -3.54. The molecule has 0 radical (unpaired) electrons. The van der Waals surface area contributed by atoms with E-state index in [1.54, 1.807) is 12.1 Å². The highest BCUT2D eigenvalue weighted by Gasteiger charge is 2.18. The van der Waals surface area contributed by atoms with E-state index in [0.717, 1.165) is 70.8 Å². The van der Waals surface area contributed by atoms with Gasteiger partial charge in [-0.3, -0.25) is 0 Å². The van der Waals surface area contributed by atoms with Gasteiger partial charge in [0.1, 0.15) is 23.3 Å². The zero-order valence-electron chi connectivity index (χ0n) is 18.1. The van der Waals surface area contributed by atoms with Crippen LogP contribution in [0.3, 0.4) is 0 Å². The van der Waals surface area contributed by atoms with Gasteiger partial charge in [0, 0.05) is 24.2 Å². The highest BCUT2D eigenvalue weighted by Crippen LogP contribution is 2.32. The normalized spacial score (nSPS) is 11.6. The van der Waals surface area contributed by atoms with Crippen molar-refractivity contribution in [3.63, 3.8) is 0 Å². The minimum atomic E-state index is -0.279. The van der Waals surface area contributed by atoms with E-state index < -0.39 is 0 Å². The Morgan fingerprint density at radius 1 is 0.656 bits per heavy atom. The van der Waals surface area contributed by atoms with Gasteiger partial charge in [-0.1, -0.05) is 38.1 Å². The van der Waals surface area contributed by atoms with Gasteiger partial charge >= 0.3 is 0 Å². The quantitative estimate of drug-likeness (QED) is 0.296. The second-order valence-electron chi connectivity index (χ2n) is 8.02. The maximum Gasteiger partial charge on any atom is 0.141 e. The molecule has 2 aromatic heterocycles. The standard InChI is InChI=1S/C26H24F2N4/c1-3-11-31-23-16-24-22(15-21(23)29-25(31)17-7-5-9-19(27)13-17)30-26(32(24)12-4-2)18-8-6-10-20(28)14-18/h5-10,13-16H,3-4,11-12H2,1-2H3. The summed E-state index contributed by atoms with van der Waals surface area (Å²) in [6.45, 7) is 5.77. The lowest BCUT2D eigenvalue weighted by Crippen LogP contribution is -2.01. The van der Waals surface area contributed by atoms with Crippen molar-refractivity contribution in [2.45, 2.75) is 39.8 Å². The predicted octanol–water partition coefficient (Wildman–Crippen LogP) is 6.82. The fraction of sp³-hybridized carbons (Fsp3) is 0.231. The summed E-state index contributed by atoms with van der Waals surface area (Å²) in [5.74, 6) is 0.944. The molecule has 2 heterocycles. The molecule has 0 aliphatic carbocycles. The number of imidazole rings is 2. The molecule has 0 atom stereocenters. The molecule has 6 heteroatoms. The summed E-state index contributed by atoms with van der Waals surface area (Å²) in [6, 6.07) is 17.2. The molecule has 0 saturated heterocycles. The van der Waals surface area contributed by atoms with Crippen molar-refractivity contribution in [1.29, 1.82) is 0 Å². The van der Waals surface area contributed by atoms with Crippen LogP contribution in [0.5, 0.6) is 0 Å². The Morgan fingerprint density at radius 3 is 1.53 bits per heavy atom. The number of rotatable bonds is 6. The van der Waals surface area contributed by atoms with Crippen LogP contribution in [0.4, 0.5) is 8.78 Å². The molecule has 0 bridgehead atoms. The zero-order chi connectivity index (χ0) is 22.2. The smallest absolute Gasteiger partial charge is 0.141 e. The Morgan fingerprint density at radius 2 is 1.12 bits per heavy atom. The molecule has 3 aromatic carbocycles. The minimum Gasteiger partial charge on any atom is -0.324 e. The van der Waals surface area contributed by atoms with Crippen LogP contribution in [0.1, 0.15) is 26.7 Å². The van der Waals surface area contributed by atoms with Crippen LogP contribution in [-0.2, 0) is 13.1 Å². The predicted molar refractivity (Wildman–Crippen MR) is 124 cm³/mol. The first-order valence-electron chi connectivity index (χ1n) is 11.0. The molecule has 0 unspecified atom stereocenters. The number of hydrogen-bond acceptors (Lipinski definition) is 2. The van der Waals surface area contributed by atoms with Crippen molar-refractivity contribution in [3.05, 3.63) is 72.3 Å². The number of aromatic nitrogens is 4. The number of benzene rings is 3. The van der Waals surface area contributed by atoms with Gasteiger partial charge in [0.05, 0.1) is 22.1 Å². The van der Waals surface area contributed by atoms with Gasteiger partial charge in [-0.15, -0.1) is 0 Å². The number of nitrogens with zero attached hydrogens (tertiary/aromatic N) is 4. The van der Waals surface area contributed by atoms with Crippen molar-refractivity contribution in [3.8, 4) is 22.8 Å². The summed E-state index contributed by atoms with van der Waals surface area (Å²) in [5, 5.41) is 0. The van der Waals surface area contributed by atoms with E-state index >= 15 is 0 Å². The molecule has 0 aliphatic heterocycles. The monoisotopic (exact) mass is 430 g/mol. The topological polar surface area (TPSA) is 35.6 Å². The van der Waals surface area contributed by atoms with Crippen LogP contribution in [0.25, 0.3) is 44.8 Å². The summed E-state index contributed by atoms with van der Waals surface area (Å²) in [6.07, 6.45) is 1.85. The van der Waals surface area contributed by atoms with Crippen LogP contribution >= 0.6 is 0 Å². The maximum atomic E-state index is 13.9. The van der Waals surface area contributed by atoms with Crippen molar-refractivity contribution in [2.24, 2.45) is 0 Å². The Kier molecular flexibility index (Phi) is 5.21. The number of hydrogen-bond donors (Lipinski definition) is 0. The lowest BCUT2D eigenvalue weighted by molar-refractivity contribution is 0.627. The van der Waals surface area contributed by atoms with Crippen LogP contribution in [0, 0.1) is 11.6 Å². The van der Waals surface area contributed by atoms with Gasteiger partial charge in [-0.25, -0.2) is 18.7 Å². The minimum absolute atomic E-state index is 0.279. The molecule has 0 aliphatic rings. The number of halogens is 2. The van der Waals surface area contributed by atoms with Crippen molar-refractivity contribution < 1.29 is 8.78 Å². The summed E-state index contributed by atoms with van der Waals surface area (Å²) in [4.78, 5) is 9.70. The van der Waals surface area contributed by atoms with Gasteiger partial charge < -0.3 is 9.13 Å². The number of aryl methyl sites for hydroxylation is 2. The van der Waals surface area contributed by atoms with Gasteiger partial charge in [0.2, 0.25) is 0 Å². The molecule has 0 N–H and O–H groups in total. The molecule has 0 saturated carbocycles. The van der Waals surface area contributed by atoms with Crippen molar-refractivity contribution in [1.82, 2.24) is 19.1 Å². The maximum absolute atomic E-state index is 13.9. The first-order chi connectivity index (χ1) is 15.6. The van der Waals surface area contributed by atoms with Crippen LogP contribution in [-0.4, -0.2) is 19.1 Å². The lowest BCUT2D eigenvalue weighted by Gasteiger charge is -2.10. The molecule has 4 nitrogen and oxygen atoms in total. The third-order valence-electron chi connectivity index (χ3n) is 5.68. The van der Waals surface area contributed by atoms with E-state index in [-0.39, 0.29) is 11.6 Å². The van der Waals surface area contributed by atoms with Crippen molar-refractivity contribution >= 4 is 22.1 Å². The molecule has 0 fully saturated rings. The molecular formula is C26H24F2N4. The molecular weight excluding hydrogens is 406 g/mol. The van der Waals surface area contributed by atoms with E-state index in [1.807, 2.05) is 18.2 Å². The summed E-state index contributed by atoms with van der Waals surface area (Å²) in [7, 11) is 0. The highest BCUT2D eigenvalue weighted by molar-refractivity contribution is 5.95. The van der Waals surface area contributed by atoms with Crippen LogP contribution in [0.2, 0.25) is 0 Å². The zero-order valence-corrected chi connectivity index (χ0v) is 18.1. The van der Waals surface area contributed by atoms with Gasteiger partial charge in [-0.05, 0) is 49.2 Å². The average molecular weight is 431 g/mol. The first kappa shape index (κ1) is 20.4. The molecule has 0 amide bonds. The van der Waals surface area contributed by atoms with E-state index in [9.17, 15) is 8.78 Å². The van der Waals surface area contributed by atoms with Gasteiger partial charge in [0.25, 0.3) is 0 Å². The van der Waals surface area contributed by atoms with Crippen LogP contribution in [0.15, 0.2) is 60.7 Å². The van der Waals surface area contributed by atoms with E-state index in [4.69, 9.17) is 9.97 Å². The third kappa shape index (κ3) is 3.45. The largest absolute Gasteiger partial charge is 0.324 e. The van der Waals surface area contributed by atoms with Crippen LogP contribution < -0.4 is 0 Å². The Balaban J connectivity index is 1.76. The Labute approximate surface area is 185 Å². The first-order valence-corrected chi connectivity index (χ1v) is 11.0. The van der Waals surface area contributed by atoms with Gasteiger partial charge in [0.15, 0.2) is 0 Å². The lowest BCUT2D eigenvalue weighted by atomic mass is 10.2.